The topological polar surface area (TPSA) is 69.5 Å². The van der Waals surface area contributed by atoms with Gasteiger partial charge in [0.05, 0.1) is 26.2 Å². The van der Waals surface area contributed by atoms with Gasteiger partial charge >= 0.3 is 5.69 Å². The third-order valence-corrected chi connectivity index (χ3v) is 7.18. The summed E-state index contributed by atoms with van der Waals surface area (Å²) in [5, 5.41) is 0.747. The van der Waals surface area contributed by atoms with E-state index in [4.69, 9.17) is 16.6 Å². The van der Waals surface area contributed by atoms with Crippen molar-refractivity contribution in [1.29, 1.82) is 0 Å². The Bertz CT molecular complexity index is 1470. The van der Waals surface area contributed by atoms with E-state index in [0.717, 1.165) is 49.1 Å². The Morgan fingerprint density at radius 1 is 0.971 bits per heavy atom. The molecule has 0 aliphatic carbocycles. The molecule has 0 bridgehead atoms. The van der Waals surface area contributed by atoms with E-state index in [-0.39, 0.29) is 11.2 Å². The monoisotopic (exact) mass is 493 g/mol. The van der Waals surface area contributed by atoms with Crippen LogP contribution in [0.2, 0.25) is 5.02 Å². The molecule has 5 rings (SSSR count). The Morgan fingerprint density at radius 2 is 1.71 bits per heavy atom. The molecule has 182 valence electrons. The van der Waals surface area contributed by atoms with Crippen LogP contribution in [0.4, 0.5) is 5.69 Å². The SMILES string of the molecule is Cn1c(=O)c2c(nc(C[NH+]3CCN(c4cccc(Cl)c4)CC3)n2CCc2ccccc2)n(C)c1=O. The number of aromatic nitrogens is 4. The number of hydrogen-bond acceptors (Lipinski definition) is 4. The first kappa shape index (κ1) is 23.4. The molecule has 0 amide bonds. The lowest BCUT2D eigenvalue weighted by Crippen LogP contribution is -3.13. The average molecular weight is 494 g/mol. The molecule has 0 spiro atoms. The van der Waals surface area contributed by atoms with Gasteiger partial charge in [0, 0.05) is 31.4 Å². The minimum atomic E-state index is -0.357. The Labute approximate surface area is 208 Å². The van der Waals surface area contributed by atoms with Crippen LogP contribution in [-0.4, -0.2) is 44.9 Å². The van der Waals surface area contributed by atoms with Crippen LogP contribution in [0.3, 0.4) is 0 Å². The second-order valence-corrected chi connectivity index (χ2v) is 9.62. The molecule has 8 nitrogen and oxygen atoms in total. The van der Waals surface area contributed by atoms with Crippen molar-refractivity contribution in [2.75, 3.05) is 31.1 Å². The lowest BCUT2D eigenvalue weighted by molar-refractivity contribution is -0.915. The number of nitrogens with zero attached hydrogens (tertiary/aromatic N) is 5. The van der Waals surface area contributed by atoms with E-state index in [9.17, 15) is 9.59 Å². The zero-order chi connectivity index (χ0) is 24.5. The number of quaternary nitrogens is 1. The minimum Gasteiger partial charge on any atom is -0.360 e. The Kier molecular flexibility index (Phi) is 6.49. The van der Waals surface area contributed by atoms with Crippen LogP contribution in [0.5, 0.6) is 0 Å². The molecule has 2 aromatic carbocycles. The average Bonchev–Trinajstić information content (AvgIpc) is 3.24. The molecule has 9 heteroatoms. The maximum atomic E-state index is 13.1. The van der Waals surface area contributed by atoms with Gasteiger partial charge in [-0.05, 0) is 30.2 Å². The first-order valence-electron chi connectivity index (χ1n) is 12.0. The van der Waals surface area contributed by atoms with Crippen molar-refractivity contribution in [1.82, 2.24) is 18.7 Å². The summed E-state index contributed by atoms with van der Waals surface area (Å²) in [7, 11) is 3.21. The second-order valence-electron chi connectivity index (χ2n) is 9.19. The summed E-state index contributed by atoms with van der Waals surface area (Å²) < 4.78 is 4.68. The summed E-state index contributed by atoms with van der Waals surface area (Å²) in [6.45, 7) is 5.06. The fourth-order valence-corrected chi connectivity index (χ4v) is 5.09. The van der Waals surface area contributed by atoms with Crippen molar-refractivity contribution in [2.24, 2.45) is 14.1 Å². The smallest absolute Gasteiger partial charge is 0.332 e. The Morgan fingerprint density at radius 3 is 2.43 bits per heavy atom. The van der Waals surface area contributed by atoms with Crippen LogP contribution >= 0.6 is 11.6 Å². The minimum absolute atomic E-state index is 0.296. The van der Waals surface area contributed by atoms with Crippen LogP contribution in [0.25, 0.3) is 11.2 Å². The van der Waals surface area contributed by atoms with Gasteiger partial charge in [-0.3, -0.25) is 13.9 Å². The van der Waals surface area contributed by atoms with Crippen molar-refractivity contribution in [2.45, 2.75) is 19.5 Å². The van der Waals surface area contributed by atoms with Crippen molar-refractivity contribution in [3.8, 4) is 0 Å². The predicted octanol–water partition coefficient (Wildman–Crippen LogP) is 1.23. The fraction of sp³-hybridized carbons (Fsp3) is 0.346. The molecule has 4 aromatic rings. The van der Waals surface area contributed by atoms with Crippen LogP contribution in [0, 0.1) is 0 Å². The lowest BCUT2D eigenvalue weighted by atomic mass is 10.1. The van der Waals surface area contributed by atoms with Gasteiger partial charge in [0.2, 0.25) is 0 Å². The molecular formula is C26H30ClN6O2+. The summed E-state index contributed by atoms with van der Waals surface area (Å²) in [5.74, 6) is 0.848. The van der Waals surface area contributed by atoms with Crippen LogP contribution in [0.1, 0.15) is 11.4 Å². The Balaban J connectivity index is 1.43. The number of hydrogen-bond donors (Lipinski definition) is 1. The molecule has 0 saturated carbocycles. The first-order valence-corrected chi connectivity index (χ1v) is 12.3. The van der Waals surface area contributed by atoms with Crippen molar-refractivity contribution < 1.29 is 4.90 Å². The molecule has 0 radical (unpaired) electrons. The summed E-state index contributed by atoms with van der Waals surface area (Å²) >= 11 is 6.18. The Hall–Kier alpha value is -3.36. The fourth-order valence-electron chi connectivity index (χ4n) is 4.91. The highest BCUT2D eigenvalue weighted by Crippen LogP contribution is 2.19. The van der Waals surface area contributed by atoms with E-state index in [1.807, 2.05) is 41.0 Å². The van der Waals surface area contributed by atoms with E-state index in [1.165, 1.54) is 26.6 Å². The number of nitrogens with one attached hydrogen (secondary N) is 1. The molecular weight excluding hydrogens is 464 g/mol. The predicted molar refractivity (Wildman–Crippen MR) is 138 cm³/mol. The highest BCUT2D eigenvalue weighted by Gasteiger charge is 2.25. The van der Waals surface area contributed by atoms with E-state index in [2.05, 4.69) is 23.1 Å². The molecule has 1 aliphatic rings. The second kappa shape index (κ2) is 9.71. The molecule has 1 aliphatic heterocycles. The van der Waals surface area contributed by atoms with Gasteiger partial charge in [-0.1, -0.05) is 48.0 Å². The van der Waals surface area contributed by atoms with Gasteiger partial charge in [-0.2, -0.15) is 0 Å². The van der Waals surface area contributed by atoms with E-state index < -0.39 is 0 Å². The van der Waals surface area contributed by atoms with Crippen molar-refractivity contribution >= 4 is 28.5 Å². The number of fused-ring (bicyclic) bond motifs is 1. The molecule has 1 N–H and O–H groups in total. The summed E-state index contributed by atoms with van der Waals surface area (Å²) in [5.41, 5.74) is 2.64. The quantitative estimate of drug-likeness (QED) is 0.439. The number of rotatable bonds is 6. The van der Waals surface area contributed by atoms with Crippen LogP contribution in [0.15, 0.2) is 64.2 Å². The van der Waals surface area contributed by atoms with Gasteiger partial charge in [-0.25, -0.2) is 9.78 Å². The zero-order valence-corrected chi connectivity index (χ0v) is 20.8. The highest BCUT2D eigenvalue weighted by molar-refractivity contribution is 6.30. The first-order chi connectivity index (χ1) is 16.9. The number of imidazole rings is 1. The van der Waals surface area contributed by atoms with Gasteiger partial charge < -0.3 is 14.4 Å². The standard InChI is InChI=1S/C26H29ClN6O2/c1-29-24-23(25(34)30(2)26(29)35)33(12-11-19-7-4-3-5-8-19)22(28-24)18-31-13-15-32(16-14-31)21-10-6-9-20(27)17-21/h3-10,17H,11-16,18H2,1-2H3/p+1. The largest absolute Gasteiger partial charge is 0.360 e. The number of anilines is 1. The molecule has 3 heterocycles. The summed E-state index contributed by atoms with van der Waals surface area (Å²) in [6.07, 6.45) is 0.781. The van der Waals surface area contributed by atoms with Crippen molar-refractivity contribution in [3.63, 3.8) is 0 Å². The molecule has 0 atom stereocenters. The maximum absolute atomic E-state index is 13.1. The third-order valence-electron chi connectivity index (χ3n) is 6.95. The van der Waals surface area contributed by atoms with Gasteiger partial charge in [0.1, 0.15) is 6.54 Å². The number of aryl methyl sites for hydroxylation is 3. The molecule has 0 unspecified atom stereocenters. The van der Waals surface area contributed by atoms with Crippen molar-refractivity contribution in [3.05, 3.63) is 91.8 Å². The van der Waals surface area contributed by atoms with Crippen LogP contribution < -0.4 is 21.0 Å². The van der Waals surface area contributed by atoms with E-state index >= 15 is 0 Å². The highest BCUT2D eigenvalue weighted by atomic mass is 35.5. The molecule has 2 aromatic heterocycles. The van der Waals surface area contributed by atoms with E-state index in [1.54, 1.807) is 7.05 Å². The third kappa shape index (κ3) is 4.63. The normalized spacial score (nSPS) is 14.7. The van der Waals surface area contributed by atoms with Gasteiger partial charge in [-0.15, -0.1) is 0 Å². The van der Waals surface area contributed by atoms with Crippen LogP contribution in [-0.2, 0) is 33.6 Å². The van der Waals surface area contributed by atoms with E-state index in [0.29, 0.717) is 24.3 Å². The maximum Gasteiger partial charge on any atom is 0.332 e. The molecule has 1 fully saturated rings. The van der Waals surface area contributed by atoms with Gasteiger partial charge in [0.15, 0.2) is 17.0 Å². The summed E-state index contributed by atoms with van der Waals surface area (Å²) in [6, 6.07) is 18.2. The lowest BCUT2D eigenvalue weighted by Gasteiger charge is -2.33. The van der Waals surface area contributed by atoms with Gasteiger partial charge in [0.25, 0.3) is 5.56 Å². The molecule has 1 saturated heterocycles. The zero-order valence-electron chi connectivity index (χ0n) is 20.1. The number of piperazine rings is 1. The number of halogens is 1. The number of benzene rings is 2. The molecule has 35 heavy (non-hydrogen) atoms. The summed E-state index contributed by atoms with van der Waals surface area (Å²) in [4.78, 5) is 34.3.